The van der Waals surface area contributed by atoms with Gasteiger partial charge in [0, 0.05) is 8.95 Å². The van der Waals surface area contributed by atoms with E-state index in [2.05, 4.69) is 92.5 Å². The molecule has 1 atom stereocenters. The summed E-state index contributed by atoms with van der Waals surface area (Å²) in [4.78, 5) is 12.5. The predicted octanol–water partition coefficient (Wildman–Crippen LogP) is 8.13. The number of carbonyl (C=O) groups excluding carboxylic acids is 1. The first kappa shape index (κ1) is 22.3. The number of carbonyl (C=O) groups is 1. The molecule has 0 saturated carbocycles. The quantitative estimate of drug-likeness (QED) is 0.365. The molecule has 160 valence electrons. The molecule has 2 aromatic rings. The summed E-state index contributed by atoms with van der Waals surface area (Å²) >= 11 is 7.24. The Labute approximate surface area is 201 Å². The molecule has 0 bridgehead atoms. The molecule has 0 amide bonds. The second-order valence-electron chi connectivity index (χ2n) is 8.10. The first-order chi connectivity index (χ1) is 15.0. The van der Waals surface area contributed by atoms with Gasteiger partial charge in [-0.05, 0) is 96.7 Å². The van der Waals surface area contributed by atoms with Crippen LogP contribution in [0.2, 0.25) is 0 Å². The van der Waals surface area contributed by atoms with E-state index in [-0.39, 0.29) is 11.9 Å². The largest absolute Gasteiger partial charge is 0.466 e. The molecule has 2 aliphatic carbocycles. The van der Waals surface area contributed by atoms with Gasteiger partial charge in [-0.15, -0.1) is 0 Å². The summed E-state index contributed by atoms with van der Waals surface area (Å²) in [5.41, 5.74) is 7.77. The number of ether oxygens (including phenoxy) is 1. The van der Waals surface area contributed by atoms with Crippen molar-refractivity contribution >= 4 is 49.0 Å². The maximum Gasteiger partial charge on any atom is 0.309 e. The van der Waals surface area contributed by atoms with E-state index in [1.54, 1.807) is 0 Å². The molecule has 0 radical (unpaired) electrons. The number of hydrogen-bond donors (Lipinski definition) is 0. The molecule has 2 nitrogen and oxygen atoms in total. The second kappa shape index (κ2) is 10.1. The van der Waals surface area contributed by atoms with Crippen LogP contribution in [0.3, 0.4) is 0 Å². The van der Waals surface area contributed by atoms with Crippen molar-refractivity contribution in [3.63, 3.8) is 0 Å². The first-order valence-corrected chi connectivity index (χ1v) is 12.4. The minimum Gasteiger partial charge on any atom is -0.466 e. The fourth-order valence-electron chi connectivity index (χ4n) is 4.43. The molecule has 1 unspecified atom stereocenters. The Morgan fingerprint density at radius 1 is 0.903 bits per heavy atom. The molecule has 0 heterocycles. The molecular formula is C27H26Br2O2. The van der Waals surface area contributed by atoms with E-state index in [4.69, 9.17) is 4.74 Å². The Balaban J connectivity index is 1.76. The lowest BCUT2D eigenvalue weighted by Crippen LogP contribution is -2.21. The molecule has 0 aliphatic heterocycles. The Bertz CT molecular complexity index is 1080. The van der Waals surface area contributed by atoms with Crippen LogP contribution >= 0.6 is 31.9 Å². The van der Waals surface area contributed by atoms with Gasteiger partial charge >= 0.3 is 5.97 Å². The van der Waals surface area contributed by atoms with Gasteiger partial charge in [0.1, 0.15) is 0 Å². The third-order valence-corrected chi connectivity index (χ3v) is 7.00. The van der Waals surface area contributed by atoms with E-state index in [9.17, 15) is 4.79 Å². The average Bonchev–Trinajstić information content (AvgIpc) is 2.74. The van der Waals surface area contributed by atoms with Crippen molar-refractivity contribution in [1.29, 1.82) is 0 Å². The Kier molecular flexibility index (Phi) is 7.29. The van der Waals surface area contributed by atoms with Crippen molar-refractivity contribution in [2.24, 2.45) is 5.92 Å². The monoisotopic (exact) mass is 540 g/mol. The smallest absolute Gasteiger partial charge is 0.309 e. The van der Waals surface area contributed by atoms with Crippen molar-refractivity contribution in [3.05, 3.63) is 91.9 Å². The predicted molar refractivity (Wildman–Crippen MR) is 134 cm³/mol. The maximum absolute atomic E-state index is 12.5. The third kappa shape index (κ3) is 5.48. The zero-order valence-electron chi connectivity index (χ0n) is 17.7. The van der Waals surface area contributed by atoms with Gasteiger partial charge in [-0.2, -0.15) is 0 Å². The van der Waals surface area contributed by atoms with Crippen molar-refractivity contribution in [2.75, 3.05) is 6.61 Å². The summed E-state index contributed by atoms with van der Waals surface area (Å²) in [7, 11) is 0. The van der Waals surface area contributed by atoms with Crippen LogP contribution in [0.25, 0.3) is 11.1 Å². The topological polar surface area (TPSA) is 26.3 Å². The zero-order chi connectivity index (χ0) is 21.8. The average molecular weight is 542 g/mol. The molecule has 0 N–H and O–H groups in total. The Morgan fingerprint density at radius 2 is 1.48 bits per heavy atom. The fourth-order valence-corrected chi connectivity index (χ4v) is 5.23. The number of esters is 1. The van der Waals surface area contributed by atoms with E-state index < -0.39 is 0 Å². The Morgan fingerprint density at radius 3 is 2.03 bits per heavy atom. The molecule has 2 aromatic carbocycles. The first-order valence-electron chi connectivity index (χ1n) is 10.8. The number of hydrogen-bond acceptors (Lipinski definition) is 2. The highest BCUT2D eigenvalue weighted by Crippen LogP contribution is 2.39. The molecule has 4 rings (SSSR count). The van der Waals surface area contributed by atoms with Crippen LogP contribution in [0, 0.1) is 5.92 Å². The summed E-state index contributed by atoms with van der Waals surface area (Å²) in [6.45, 7) is 2.31. The lowest BCUT2D eigenvalue weighted by atomic mass is 9.79. The number of benzene rings is 2. The fraction of sp³-hybridized carbons (Fsp3) is 0.296. The van der Waals surface area contributed by atoms with Crippen LogP contribution in [0.4, 0.5) is 0 Å². The van der Waals surface area contributed by atoms with Crippen molar-refractivity contribution in [3.8, 4) is 0 Å². The van der Waals surface area contributed by atoms with Crippen LogP contribution in [-0.2, 0) is 9.53 Å². The molecular weight excluding hydrogens is 516 g/mol. The van der Waals surface area contributed by atoms with Gasteiger partial charge in [0.2, 0.25) is 0 Å². The number of allylic oxidation sites excluding steroid dienone is 6. The summed E-state index contributed by atoms with van der Waals surface area (Å²) in [5, 5.41) is 0. The number of rotatable bonds is 4. The molecule has 0 spiro atoms. The highest BCUT2D eigenvalue weighted by atomic mass is 79.9. The van der Waals surface area contributed by atoms with Gasteiger partial charge < -0.3 is 4.74 Å². The molecule has 2 aliphatic rings. The summed E-state index contributed by atoms with van der Waals surface area (Å²) in [5.74, 6) is -0.120. The van der Waals surface area contributed by atoms with Crippen molar-refractivity contribution in [1.82, 2.24) is 0 Å². The SMILES string of the molecule is CCOC(=O)C1CCC2=C(/C=C(/c3cccc(Br)c3)CC/C(c3cccc(Br)c3)=C\2)C1. The van der Waals surface area contributed by atoms with Crippen molar-refractivity contribution in [2.45, 2.75) is 39.0 Å². The van der Waals surface area contributed by atoms with Crippen LogP contribution in [0.1, 0.15) is 50.2 Å². The molecule has 31 heavy (non-hydrogen) atoms. The lowest BCUT2D eigenvalue weighted by molar-refractivity contribution is -0.148. The highest BCUT2D eigenvalue weighted by molar-refractivity contribution is 9.10. The minimum absolute atomic E-state index is 0.0548. The zero-order valence-corrected chi connectivity index (χ0v) is 20.8. The molecule has 0 saturated heterocycles. The van der Waals surface area contributed by atoms with E-state index in [0.29, 0.717) is 6.61 Å². The summed E-state index contributed by atoms with van der Waals surface area (Å²) in [6.07, 6.45) is 9.12. The van der Waals surface area contributed by atoms with Gasteiger partial charge in [0.15, 0.2) is 0 Å². The van der Waals surface area contributed by atoms with Gasteiger partial charge in [-0.25, -0.2) is 0 Å². The summed E-state index contributed by atoms with van der Waals surface area (Å²) < 4.78 is 7.51. The van der Waals surface area contributed by atoms with Crippen LogP contribution < -0.4 is 0 Å². The van der Waals surface area contributed by atoms with Gasteiger partial charge in [-0.1, -0.05) is 68.3 Å². The van der Waals surface area contributed by atoms with Gasteiger partial charge in [0.05, 0.1) is 12.5 Å². The van der Waals surface area contributed by atoms with Gasteiger partial charge in [-0.3, -0.25) is 4.79 Å². The Hall–Kier alpha value is -1.91. The van der Waals surface area contributed by atoms with E-state index in [1.165, 1.54) is 33.4 Å². The molecule has 0 aromatic heterocycles. The van der Waals surface area contributed by atoms with Crippen LogP contribution in [0.5, 0.6) is 0 Å². The standard InChI is InChI=1S/C27H26Br2O2/c1-2-31-27(30)23-12-11-22-13-20(18-5-3-7-25(28)16-18)9-10-21(14-24(22)15-23)19-6-4-8-26(29)17-19/h3-8,13-14,16-17,23H,2,9-12,15H2,1H3/b20-13+,21-14+. The minimum atomic E-state index is -0.0651. The third-order valence-electron chi connectivity index (χ3n) is 6.01. The highest BCUT2D eigenvalue weighted by Gasteiger charge is 2.27. The maximum atomic E-state index is 12.5. The normalized spacial score (nSPS) is 22.4. The van der Waals surface area contributed by atoms with E-state index >= 15 is 0 Å². The van der Waals surface area contributed by atoms with Crippen LogP contribution in [0.15, 0.2) is 80.8 Å². The van der Waals surface area contributed by atoms with Crippen molar-refractivity contribution < 1.29 is 9.53 Å². The van der Waals surface area contributed by atoms with Crippen LogP contribution in [-0.4, -0.2) is 12.6 Å². The van der Waals surface area contributed by atoms with E-state index in [0.717, 1.165) is 41.0 Å². The molecule has 4 heteroatoms. The van der Waals surface area contributed by atoms with E-state index in [1.807, 2.05) is 6.92 Å². The second-order valence-corrected chi connectivity index (χ2v) is 9.93. The number of halogens is 2. The van der Waals surface area contributed by atoms with Gasteiger partial charge in [0.25, 0.3) is 0 Å². The lowest BCUT2D eigenvalue weighted by Gasteiger charge is -2.26. The molecule has 0 fully saturated rings. The summed E-state index contributed by atoms with van der Waals surface area (Å²) in [6, 6.07) is 17.0.